The average molecular weight is 467 g/mol. The molecule has 7 N–H and O–H groups in total. The number of amides is 1. The fourth-order valence-corrected chi connectivity index (χ4v) is 3.81. The molecule has 3 rings (SSSR count). The van der Waals surface area contributed by atoms with E-state index in [1.807, 2.05) is 0 Å². The highest BCUT2D eigenvalue weighted by atomic mass is 35.5. The molecular weight excluding hydrogens is 447 g/mol. The summed E-state index contributed by atoms with van der Waals surface area (Å²) in [6.45, 7) is 1.10. The van der Waals surface area contributed by atoms with E-state index < -0.39 is 50.5 Å². The highest BCUT2D eigenvalue weighted by molar-refractivity contribution is 7.53. The van der Waals surface area contributed by atoms with Gasteiger partial charge < -0.3 is 40.5 Å². The molecule has 0 aromatic carbocycles. The van der Waals surface area contributed by atoms with E-state index in [1.165, 1.54) is 10.9 Å². The van der Waals surface area contributed by atoms with Crippen molar-refractivity contribution in [3.8, 4) is 0 Å². The highest BCUT2D eigenvalue weighted by Gasteiger charge is 2.46. The first kappa shape index (κ1) is 22.8. The van der Waals surface area contributed by atoms with Gasteiger partial charge >= 0.3 is 7.60 Å². The Morgan fingerprint density at radius 3 is 2.77 bits per heavy atom. The Labute approximate surface area is 174 Å². The number of nitrogens with zero attached hydrogens (tertiary/aromatic N) is 4. The van der Waals surface area contributed by atoms with Crippen LogP contribution < -0.4 is 11.1 Å². The fourth-order valence-electron chi connectivity index (χ4n) is 2.97. The van der Waals surface area contributed by atoms with Crippen molar-refractivity contribution < 1.29 is 38.8 Å². The standard InChI is InChI=1S/C14H20ClN6O8P/c1-2-17-11(24)13(30(25,26)27)28-3-5-7(22)8(23)12(29-5)21-4-18-6-9(16)19-14(15)20-10(6)21/h4-5,7-8,12-13,22-23H,2-3H2,1H3,(H,17,24)(H2,16,19,20)(H2,25,26,27)/t5-,7-,8-,12-,13-/m1/s1. The molecule has 14 nitrogen and oxygen atoms in total. The topological polar surface area (TPSA) is 215 Å². The zero-order valence-electron chi connectivity index (χ0n) is 15.5. The third-order valence-corrected chi connectivity index (χ3v) is 5.50. The number of anilines is 1. The number of hydrogen-bond donors (Lipinski definition) is 6. The van der Waals surface area contributed by atoms with Crippen molar-refractivity contribution in [1.82, 2.24) is 24.8 Å². The second-order valence-electron chi connectivity index (χ2n) is 6.42. The number of nitrogens with two attached hydrogens (primary N) is 1. The van der Waals surface area contributed by atoms with E-state index in [2.05, 4.69) is 20.3 Å². The molecule has 1 aliphatic heterocycles. The maximum Gasteiger partial charge on any atom is 0.363 e. The van der Waals surface area contributed by atoms with Gasteiger partial charge in [-0.15, -0.1) is 0 Å². The van der Waals surface area contributed by atoms with Gasteiger partial charge in [-0.1, -0.05) is 0 Å². The minimum absolute atomic E-state index is 0.00286. The number of aliphatic hydroxyl groups is 2. The normalized spacial score (nSPS) is 25.5. The summed E-state index contributed by atoms with van der Waals surface area (Å²) < 4.78 is 23.5. The Morgan fingerprint density at radius 2 is 2.13 bits per heavy atom. The van der Waals surface area contributed by atoms with Gasteiger partial charge in [0.15, 0.2) is 17.7 Å². The zero-order valence-corrected chi connectivity index (χ0v) is 17.1. The number of fused-ring (bicyclic) bond motifs is 1. The van der Waals surface area contributed by atoms with Gasteiger partial charge in [-0.3, -0.25) is 13.9 Å². The molecule has 1 fully saturated rings. The smallest absolute Gasteiger partial charge is 0.363 e. The Hall–Kier alpha value is -1.90. The van der Waals surface area contributed by atoms with Gasteiger partial charge in [0.25, 0.3) is 5.91 Å². The summed E-state index contributed by atoms with van der Waals surface area (Å²) in [4.78, 5) is 42.4. The van der Waals surface area contributed by atoms with Gasteiger partial charge in [0, 0.05) is 6.54 Å². The van der Waals surface area contributed by atoms with Crippen LogP contribution in [-0.2, 0) is 18.8 Å². The van der Waals surface area contributed by atoms with Gasteiger partial charge in [-0.25, -0.2) is 4.98 Å². The lowest BCUT2D eigenvalue weighted by Crippen LogP contribution is -2.40. The van der Waals surface area contributed by atoms with Crippen molar-refractivity contribution in [3.63, 3.8) is 0 Å². The lowest BCUT2D eigenvalue weighted by Gasteiger charge is -2.21. The molecule has 0 radical (unpaired) electrons. The van der Waals surface area contributed by atoms with Crippen molar-refractivity contribution in [3.05, 3.63) is 11.6 Å². The molecule has 0 saturated carbocycles. The summed E-state index contributed by atoms with van der Waals surface area (Å²) in [7, 11) is -4.96. The average Bonchev–Trinajstić information content (AvgIpc) is 3.17. The molecular formula is C14H20ClN6O8P. The van der Waals surface area contributed by atoms with Crippen LogP contribution in [0.1, 0.15) is 13.2 Å². The van der Waals surface area contributed by atoms with Crippen LogP contribution in [0.3, 0.4) is 0 Å². The molecule has 0 spiro atoms. The molecule has 2 aromatic rings. The van der Waals surface area contributed by atoms with Crippen LogP contribution >= 0.6 is 19.2 Å². The SMILES string of the molecule is CCNC(=O)[C@H](OC[C@H]1O[C@@H](n2cnc3c(N)nc(Cl)nc32)[C@H](O)[C@@H]1O)P(=O)(O)O. The van der Waals surface area contributed by atoms with E-state index in [0.29, 0.717) is 0 Å². The van der Waals surface area contributed by atoms with Crippen molar-refractivity contribution in [2.75, 3.05) is 18.9 Å². The van der Waals surface area contributed by atoms with Crippen molar-refractivity contribution >= 4 is 42.1 Å². The number of aromatic nitrogens is 4. The van der Waals surface area contributed by atoms with Crippen molar-refractivity contribution in [2.45, 2.75) is 37.3 Å². The predicted octanol–water partition coefficient (Wildman–Crippen LogP) is -1.66. The lowest BCUT2D eigenvalue weighted by atomic mass is 10.1. The van der Waals surface area contributed by atoms with E-state index in [-0.39, 0.29) is 28.8 Å². The molecule has 1 saturated heterocycles. The fraction of sp³-hybridized carbons (Fsp3) is 0.571. The Balaban J connectivity index is 1.79. The van der Waals surface area contributed by atoms with Crippen molar-refractivity contribution in [2.24, 2.45) is 0 Å². The number of carbonyl (C=O) groups excluding carboxylic acids is 1. The number of halogens is 1. The first-order valence-electron chi connectivity index (χ1n) is 8.66. The second-order valence-corrected chi connectivity index (χ2v) is 8.40. The lowest BCUT2D eigenvalue weighted by molar-refractivity contribution is -0.132. The molecule has 2 aromatic heterocycles. The summed E-state index contributed by atoms with van der Waals surface area (Å²) in [5, 5.41) is 22.8. The van der Waals surface area contributed by atoms with Gasteiger partial charge in [0.05, 0.1) is 12.9 Å². The van der Waals surface area contributed by atoms with E-state index in [4.69, 9.17) is 26.8 Å². The molecule has 1 amide bonds. The van der Waals surface area contributed by atoms with Crippen LogP contribution in [0.2, 0.25) is 5.28 Å². The van der Waals surface area contributed by atoms with E-state index in [0.717, 1.165) is 0 Å². The number of carbonyl (C=O) groups is 1. The van der Waals surface area contributed by atoms with Gasteiger partial charge in [-0.2, -0.15) is 9.97 Å². The van der Waals surface area contributed by atoms with Crippen LogP contribution in [0.5, 0.6) is 0 Å². The molecule has 0 aliphatic carbocycles. The summed E-state index contributed by atoms with van der Waals surface area (Å²) in [6, 6.07) is 0. The number of imidazole rings is 1. The number of hydrogen-bond acceptors (Lipinski definition) is 10. The van der Waals surface area contributed by atoms with Crippen LogP contribution in [0.4, 0.5) is 5.82 Å². The molecule has 16 heteroatoms. The number of rotatable bonds is 7. The number of aliphatic hydroxyl groups excluding tert-OH is 2. The monoisotopic (exact) mass is 466 g/mol. The third kappa shape index (κ3) is 4.40. The second kappa shape index (κ2) is 8.69. The Morgan fingerprint density at radius 1 is 1.43 bits per heavy atom. The highest BCUT2D eigenvalue weighted by Crippen LogP contribution is 2.42. The largest absolute Gasteiger partial charge is 0.387 e. The van der Waals surface area contributed by atoms with Gasteiger partial charge in [0.2, 0.25) is 11.1 Å². The minimum atomic E-state index is -4.96. The molecule has 166 valence electrons. The van der Waals surface area contributed by atoms with Gasteiger partial charge in [0.1, 0.15) is 23.8 Å². The molecule has 1 aliphatic rings. The number of likely N-dealkylation sites (N-methyl/N-ethyl adjacent to an activating group) is 1. The summed E-state index contributed by atoms with van der Waals surface area (Å²) in [5.41, 5.74) is 6.07. The Bertz CT molecular complexity index is 985. The third-order valence-electron chi connectivity index (χ3n) is 4.33. The molecule has 0 bridgehead atoms. The number of nitrogen functional groups attached to an aromatic ring is 1. The van der Waals surface area contributed by atoms with Crippen LogP contribution in [0.15, 0.2) is 6.33 Å². The van der Waals surface area contributed by atoms with Crippen LogP contribution in [0, 0.1) is 0 Å². The minimum Gasteiger partial charge on any atom is -0.387 e. The first-order valence-corrected chi connectivity index (χ1v) is 10.7. The molecule has 0 unspecified atom stereocenters. The first-order chi connectivity index (χ1) is 14.0. The summed E-state index contributed by atoms with van der Waals surface area (Å²) in [5.74, 6) is -3.11. The van der Waals surface area contributed by atoms with E-state index in [1.54, 1.807) is 6.92 Å². The molecule has 3 heterocycles. The Kier molecular flexibility index (Phi) is 6.60. The number of nitrogens with one attached hydrogen (secondary N) is 1. The van der Waals surface area contributed by atoms with Crippen molar-refractivity contribution in [1.29, 1.82) is 0 Å². The summed E-state index contributed by atoms with van der Waals surface area (Å²) in [6.07, 6.45) is -4.15. The molecule has 5 atom stereocenters. The summed E-state index contributed by atoms with van der Waals surface area (Å²) >= 11 is 5.81. The molecule has 30 heavy (non-hydrogen) atoms. The van der Waals surface area contributed by atoms with Crippen LogP contribution in [0.25, 0.3) is 11.2 Å². The predicted molar refractivity (Wildman–Crippen MR) is 101 cm³/mol. The van der Waals surface area contributed by atoms with Gasteiger partial charge in [-0.05, 0) is 18.5 Å². The maximum absolute atomic E-state index is 11.9. The maximum atomic E-state index is 11.9. The zero-order chi connectivity index (χ0) is 22.2. The number of ether oxygens (including phenoxy) is 2. The van der Waals surface area contributed by atoms with E-state index >= 15 is 0 Å². The van der Waals surface area contributed by atoms with Crippen LogP contribution in [-0.4, -0.2) is 82.7 Å². The van der Waals surface area contributed by atoms with E-state index in [9.17, 15) is 29.4 Å². The quantitative estimate of drug-likeness (QED) is 0.199.